The maximum Gasteiger partial charge on any atom is -0.0126 e. The molecule has 0 spiro atoms. The van der Waals surface area contributed by atoms with Gasteiger partial charge in [0.15, 0.2) is 0 Å². The molecule has 0 saturated carbocycles. The summed E-state index contributed by atoms with van der Waals surface area (Å²) in [6.45, 7) is 10.6. The van der Waals surface area contributed by atoms with Gasteiger partial charge in [0.05, 0.1) is 0 Å². The summed E-state index contributed by atoms with van der Waals surface area (Å²) >= 11 is 0. The lowest BCUT2D eigenvalue weighted by molar-refractivity contribution is 0.589. The molecule has 0 N–H and O–H groups in total. The first kappa shape index (κ1) is 12.6. The number of hydrogen-bond donors (Lipinski definition) is 0. The molecular weight excluding hydrogens is 216 g/mol. The van der Waals surface area contributed by atoms with Gasteiger partial charge in [0.2, 0.25) is 0 Å². The molecule has 0 aliphatic carbocycles. The molecule has 2 aromatic carbocycles. The molecule has 2 rings (SSSR count). The average molecular weight is 236 g/mol. The van der Waals surface area contributed by atoms with Crippen LogP contribution in [0.1, 0.15) is 31.9 Å². The van der Waals surface area contributed by atoms with E-state index in [0.29, 0.717) is 0 Å². The van der Waals surface area contributed by atoms with Crippen LogP contribution in [0.2, 0.25) is 0 Å². The summed E-state index contributed by atoms with van der Waals surface area (Å²) in [6.07, 6.45) is 1.94. The first-order valence-corrected chi connectivity index (χ1v) is 6.35. The van der Waals surface area contributed by atoms with Gasteiger partial charge in [0, 0.05) is 0 Å². The highest BCUT2D eigenvalue weighted by Gasteiger charge is 2.17. The van der Waals surface area contributed by atoms with Crippen molar-refractivity contribution in [2.75, 3.05) is 0 Å². The van der Waals surface area contributed by atoms with Gasteiger partial charge in [-0.2, -0.15) is 0 Å². The Labute approximate surface area is 110 Å². The lowest BCUT2D eigenvalue weighted by Crippen LogP contribution is -2.13. The van der Waals surface area contributed by atoms with Crippen LogP contribution in [0, 0.1) is 0 Å². The van der Waals surface area contributed by atoms with Gasteiger partial charge in [-0.25, -0.2) is 0 Å². The monoisotopic (exact) mass is 236 g/mol. The standard InChI is InChI=1S/C18H20/c1-5-14-11-12-16(13-17(14)18(2,3)4)15-9-7-6-8-10-15/h5-13H,1H2,2-4H3. The summed E-state index contributed by atoms with van der Waals surface area (Å²) in [5, 5.41) is 0. The summed E-state index contributed by atoms with van der Waals surface area (Å²) in [5.41, 5.74) is 5.24. The van der Waals surface area contributed by atoms with E-state index in [1.807, 2.05) is 12.1 Å². The van der Waals surface area contributed by atoms with E-state index in [4.69, 9.17) is 0 Å². The van der Waals surface area contributed by atoms with Gasteiger partial charge >= 0.3 is 0 Å². The lowest BCUT2D eigenvalue weighted by atomic mass is 9.82. The normalized spacial score (nSPS) is 11.3. The van der Waals surface area contributed by atoms with E-state index in [9.17, 15) is 0 Å². The summed E-state index contributed by atoms with van der Waals surface area (Å²) in [5.74, 6) is 0. The zero-order valence-electron chi connectivity index (χ0n) is 11.4. The molecule has 0 fully saturated rings. The highest BCUT2D eigenvalue weighted by atomic mass is 14.2. The van der Waals surface area contributed by atoms with Crippen molar-refractivity contribution in [3.63, 3.8) is 0 Å². The van der Waals surface area contributed by atoms with Gasteiger partial charge in [-0.1, -0.05) is 82.0 Å². The first-order chi connectivity index (χ1) is 8.52. The molecule has 0 aliphatic rings. The molecule has 0 atom stereocenters. The maximum atomic E-state index is 3.91. The molecule has 0 saturated heterocycles. The fraction of sp³-hybridized carbons (Fsp3) is 0.222. The third-order valence-corrected chi connectivity index (χ3v) is 3.19. The minimum absolute atomic E-state index is 0.133. The molecule has 0 bridgehead atoms. The molecule has 0 radical (unpaired) electrons. The van der Waals surface area contributed by atoms with Gasteiger partial charge in [-0.05, 0) is 27.7 Å². The Hall–Kier alpha value is -1.82. The van der Waals surface area contributed by atoms with E-state index >= 15 is 0 Å². The highest BCUT2D eigenvalue weighted by Crippen LogP contribution is 2.31. The van der Waals surface area contributed by atoms with Crippen molar-refractivity contribution < 1.29 is 0 Å². The average Bonchev–Trinajstić information content (AvgIpc) is 2.38. The lowest BCUT2D eigenvalue weighted by Gasteiger charge is -2.22. The molecule has 2 aromatic rings. The van der Waals surface area contributed by atoms with E-state index in [2.05, 4.69) is 69.8 Å². The Kier molecular flexibility index (Phi) is 3.38. The Bertz CT molecular complexity index is 542. The van der Waals surface area contributed by atoms with Crippen LogP contribution in [-0.2, 0) is 5.41 Å². The molecule has 0 nitrogen and oxygen atoms in total. The molecule has 0 aromatic heterocycles. The number of hydrogen-bond acceptors (Lipinski definition) is 0. The van der Waals surface area contributed by atoms with E-state index in [1.54, 1.807) is 0 Å². The van der Waals surface area contributed by atoms with Crippen LogP contribution in [0.4, 0.5) is 0 Å². The van der Waals surface area contributed by atoms with Crippen LogP contribution in [0.25, 0.3) is 17.2 Å². The predicted octanol–water partition coefficient (Wildman–Crippen LogP) is 5.29. The van der Waals surface area contributed by atoms with Crippen molar-refractivity contribution in [2.24, 2.45) is 0 Å². The van der Waals surface area contributed by atoms with Crippen molar-refractivity contribution in [3.05, 3.63) is 66.2 Å². The smallest absolute Gasteiger partial charge is 0.0126 e. The molecule has 92 valence electrons. The minimum Gasteiger partial charge on any atom is -0.0985 e. The number of rotatable bonds is 2. The van der Waals surface area contributed by atoms with Gasteiger partial charge < -0.3 is 0 Å². The van der Waals surface area contributed by atoms with Gasteiger partial charge in [0.1, 0.15) is 0 Å². The summed E-state index contributed by atoms with van der Waals surface area (Å²) in [6, 6.07) is 17.1. The minimum atomic E-state index is 0.133. The van der Waals surface area contributed by atoms with E-state index in [1.165, 1.54) is 22.3 Å². The van der Waals surface area contributed by atoms with E-state index in [-0.39, 0.29) is 5.41 Å². The predicted molar refractivity (Wildman–Crippen MR) is 80.7 cm³/mol. The maximum absolute atomic E-state index is 3.91. The number of benzene rings is 2. The van der Waals surface area contributed by atoms with Gasteiger partial charge in [-0.3, -0.25) is 0 Å². The zero-order valence-corrected chi connectivity index (χ0v) is 11.4. The SMILES string of the molecule is C=Cc1ccc(-c2ccccc2)cc1C(C)(C)C. The third kappa shape index (κ3) is 2.53. The topological polar surface area (TPSA) is 0 Å². The molecule has 0 aliphatic heterocycles. The van der Waals surface area contributed by atoms with Crippen LogP contribution in [0.3, 0.4) is 0 Å². The Morgan fingerprint density at radius 3 is 2.11 bits per heavy atom. The van der Waals surface area contributed by atoms with Crippen molar-refractivity contribution in [1.29, 1.82) is 0 Å². The Morgan fingerprint density at radius 1 is 0.889 bits per heavy atom. The second-order valence-electron chi connectivity index (χ2n) is 5.62. The summed E-state index contributed by atoms with van der Waals surface area (Å²) < 4.78 is 0. The van der Waals surface area contributed by atoms with Crippen molar-refractivity contribution >= 4 is 6.08 Å². The molecular formula is C18H20. The van der Waals surface area contributed by atoms with E-state index < -0.39 is 0 Å². The van der Waals surface area contributed by atoms with Crippen LogP contribution >= 0.6 is 0 Å². The fourth-order valence-electron chi connectivity index (χ4n) is 2.19. The molecule has 0 heteroatoms. The largest absolute Gasteiger partial charge is 0.0985 e. The van der Waals surface area contributed by atoms with Crippen molar-refractivity contribution in [3.8, 4) is 11.1 Å². The van der Waals surface area contributed by atoms with Crippen LogP contribution in [-0.4, -0.2) is 0 Å². The Balaban J connectivity index is 2.57. The van der Waals surface area contributed by atoms with E-state index in [0.717, 1.165) is 0 Å². The quantitative estimate of drug-likeness (QED) is 0.664. The first-order valence-electron chi connectivity index (χ1n) is 6.35. The summed E-state index contributed by atoms with van der Waals surface area (Å²) in [7, 11) is 0. The molecule has 0 amide bonds. The zero-order chi connectivity index (χ0) is 13.2. The van der Waals surface area contributed by atoms with Crippen LogP contribution in [0.5, 0.6) is 0 Å². The van der Waals surface area contributed by atoms with Gasteiger partial charge in [-0.15, -0.1) is 0 Å². The fourth-order valence-corrected chi connectivity index (χ4v) is 2.19. The molecule has 18 heavy (non-hydrogen) atoms. The van der Waals surface area contributed by atoms with Crippen LogP contribution < -0.4 is 0 Å². The van der Waals surface area contributed by atoms with Gasteiger partial charge in [0.25, 0.3) is 0 Å². The highest BCUT2D eigenvalue weighted by molar-refractivity contribution is 5.68. The van der Waals surface area contributed by atoms with Crippen molar-refractivity contribution in [2.45, 2.75) is 26.2 Å². The third-order valence-electron chi connectivity index (χ3n) is 3.19. The Morgan fingerprint density at radius 2 is 1.56 bits per heavy atom. The van der Waals surface area contributed by atoms with Crippen molar-refractivity contribution in [1.82, 2.24) is 0 Å². The molecule has 0 unspecified atom stereocenters. The second kappa shape index (κ2) is 4.81. The second-order valence-corrected chi connectivity index (χ2v) is 5.62. The van der Waals surface area contributed by atoms with Crippen LogP contribution in [0.15, 0.2) is 55.1 Å². The summed E-state index contributed by atoms with van der Waals surface area (Å²) in [4.78, 5) is 0. The molecule has 0 heterocycles.